The first-order valence-electron chi connectivity index (χ1n) is 3.62. The topological polar surface area (TPSA) is 76.3 Å². The van der Waals surface area contributed by atoms with Crippen LogP contribution < -0.4 is 0 Å². The summed E-state index contributed by atoms with van der Waals surface area (Å²) in [7, 11) is 0. The summed E-state index contributed by atoms with van der Waals surface area (Å²) in [6, 6.07) is 2.66. The molecule has 1 aromatic heterocycles. The normalized spacial score (nSPS) is 10.5. The van der Waals surface area contributed by atoms with Gasteiger partial charge in [0.05, 0.1) is 17.2 Å². The van der Waals surface area contributed by atoms with Crippen LogP contribution in [0.15, 0.2) is 24.4 Å². The van der Waals surface area contributed by atoms with Crippen molar-refractivity contribution in [3.63, 3.8) is 0 Å². The van der Waals surface area contributed by atoms with E-state index >= 15 is 0 Å². The molecule has 13 heavy (non-hydrogen) atoms. The van der Waals surface area contributed by atoms with Gasteiger partial charge in [-0.25, -0.2) is 0 Å². The fraction of sp³-hybridized carbons (Fsp3) is 0.125. The molecular formula is C8H8N2O3. The van der Waals surface area contributed by atoms with Crippen LogP contribution in [0.4, 0.5) is 5.69 Å². The Kier molecular flexibility index (Phi) is 3.10. The number of pyridine rings is 1. The molecule has 0 atom stereocenters. The van der Waals surface area contributed by atoms with Crippen LogP contribution in [-0.4, -0.2) is 21.6 Å². The van der Waals surface area contributed by atoms with Gasteiger partial charge in [-0.15, -0.1) is 0 Å². The van der Waals surface area contributed by atoms with Crippen molar-refractivity contribution in [2.45, 2.75) is 0 Å². The SMILES string of the molecule is O=[N+]([O-])c1ccnc(C=CCO)c1. The van der Waals surface area contributed by atoms with E-state index in [1.54, 1.807) is 0 Å². The Morgan fingerprint density at radius 3 is 3.08 bits per heavy atom. The van der Waals surface area contributed by atoms with Crippen molar-refractivity contribution in [3.05, 3.63) is 40.2 Å². The van der Waals surface area contributed by atoms with E-state index in [1.165, 1.54) is 30.5 Å². The lowest BCUT2D eigenvalue weighted by atomic mass is 10.3. The molecule has 0 saturated carbocycles. The molecular weight excluding hydrogens is 172 g/mol. The fourth-order valence-electron chi connectivity index (χ4n) is 0.815. The quantitative estimate of drug-likeness (QED) is 0.556. The summed E-state index contributed by atoms with van der Waals surface area (Å²) in [5.74, 6) is 0. The molecule has 1 heterocycles. The van der Waals surface area contributed by atoms with Crippen molar-refractivity contribution < 1.29 is 10.0 Å². The second kappa shape index (κ2) is 4.32. The molecule has 0 aliphatic heterocycles. The monoisotopic (exact) mass is 180 g/mol. The number of nitro groups is 1. The summed E-state index contributed by atoms with van der Waals surface area (Å²) in [6.45, 7) is -0.107. The van der Waals surface area contributed by atoms with E-state index in [0.29, 0.717) is 5.69 Å². The van der Waals surface area contributed by atoms with E-state index in [9.17, 15) is 10.1 Å². The lowest BCUT2D eigenvalue weighted by Gasteiger charge is -1.92. The maximum Gasteiger partial charge on any atom is 0.273 e. The number of nitrogens with zero attached hydrogens (tertiary/aromatic N) is 2. The van der Waals surface area contributed by atoms with Crippen molar-refractivity contribution in [1.82, 2.24) is 4.98 Å². The van der Waals surface area contributed by atoms with Gasteiger partial charge in [0.15, 0.2) is 0 Å². The van der Waals surface area contributed by atoms with Crippen LogP contribution in [0.5, 0.6) is 0 Å². The molecule has 1 N–H and O–H groups in total. The molecule has 1 aromatic rings. The van der Waals surface area contributed by atoms with E-state index in [4.69, 9.17) is 5.11 Å². The lowest BCUT2D eigenvalue weighted by Crippen LogP contribution is -1.89. The standard InChI is InChI=1S/C8H8N2O3/c11-5-1-2-7-6-8(10(12)13)3-4-9-7/h1-4,6,11H,5H2. The molecule has 0 aromatic carbocycles. The van der Waals surface area contributed by atoms with Crippen LogP contribution in [0, 0.1) is 10.1 Å². The maximum absolute atomic E-state index is 10.3. The van der Waals surface area contributed by atoms with Crippen LogP contribution in [0.3, 0.4) is 0 Å². The summed E-state index contributed by atoms with van der Waals surface area (Å²) < 4.78 is 0. The molecule has 0 aliphatic rings. The van der Waals surface area contributed by atoms with E-state index in [-0.39, 0.29) is 12.3 Å². The third kappa shape index (κ3) is 2.64. The molecule has 0 amide bonds. The Morgan fingerprint density at radius 1 is 1.69 bits per heavy atom. The van der Waals surface area contributed by atoms with E-state index < -0.39 is 4.92 Å². The Balaban J connectivity index is 2.92. The average molecular weight is 180 g/mol. The molecule has 0 radical (unpaired) electrons. The summed E-state index contributed by atoms with van der Waals surface area (Å²) in [5.41, 5.74) is 0.454. The maximum atomic E-state index is 10.3. The molecule has 5 heteroatoms. The highest BCUT2D eigenvalue weighted by molar-refractivity contribution is 5.48. The molecule has 0 spiro atoms. The predicted octanol–water partition coefficient (Wildman–Crippen LogP) is 0.995. The predicted molar refractivity (Wildman–Crippen MR) is 47.0 cm³/mol. The molecule has 68 valence electrons. The van der Waals surface area contributed by atoms with E-state index in [1.807, 2.05) is 0 Å². The van der Waals surface area contributed by atoms with Gasteiger partial charge in [0.2, 0.25) is 0 Å². The average Bonchev–Trinajstić information content (AvgIpc) is 2.15. The van der Waals surface area contributed by atoms with Gasteiger partial charge in [0.25, 0.3) is 5.69 Å². The highest BCUT2D eigenvalue weighted by Crippen LogP contribution is 2.11. The van der Waals surface area contributed by atoms with Gasteiger partial charge in [-0.2, -0.15) is 0 Å². The minimum absolute atomic E-state index is 0.00686. The van der Waals surface area contributed by atoms with Crippen molar-refractivity contribution >= 4 is 11.8 Å². The Labute approximate surface area is 74.5 Å². The smallest absolute Gasteiger partial charge is 0.273 e. The third-order valence-corrected chi connectivity index (χ3v) is 1.37. The van der Waals surface area contributed by atoms with Gasteiger partial charge in [0.1, 0.15) is 0 Å². The zero-order valence-corrected chi connectivity index (χ0v) is 6.75. The van der Waals surface area contributed by atoms with Gasteiger partial charge < -0.3 is 5.11 Å². The molecule has 0 unspecified atom stereocenters. The number of aliphatic hydroxyl groups is 1. The summed E-state index contributed by atoms with van der Waals surface area (Å²) in [6.07, 6.45) is 4.34. The number of aromatic nitrogens is 1. The fourth-order valence-corrected chi connectivity index (χ4v) is 0.815. The molecule has 1 rings (SSSR count). The number of hydrogen-bond acceptors (Lipinski definition) is 4. The lowest BCUT2D eigenvalue weighted by molar-refractivity contribution is -0.384. The first kappa shape index (κ1) is 9.34. The third-order valence-electron chi connectivity index (χ3n) is 1.37. The van der Waals surface area contributed by atoms with E-state index in [0.717, 1.165) is 0 Å². The second-order valence-electron chi connectivity index (χ2n) is 2.28. The molecule has 0 bridgehead atoms. The molecule has 5 nitrogen and oxygen atoms in total. The van der Waals surface area contributed by atoms with Crippen molar-refractivity contribution in [1.29, 1.82) is 0 Å². The Bertz CT molecular complexity index is 336. The van der Waals surface area contributed by atoms with Crippen LogP contribution >= 0.6 is 0 Å². The van der Waals surface area contributed by atoms with Gasteiger partial charge in [-0.3, -0.25) is 15.1 Å². The minimum atomic E-state index is -0.488. The Morgan fingerprint density at radius 2 is 2.46 bits per heavy atom. The van der Waals surface area contributed by atoms with Gasteiger partial charge in [0, 0.05) is 18.3 Å². The van der Waals surface area contributed by atoms with Crippen LogP contribution in [0.2, 0.25) is 0 Å². The van der Waals surface area contributed by atoms with Crippen LogP contribution in [0.25, 0.3) is 6.08 Å². The van der Waals surface area contributed by atoms with Crippen molar-refractivity contribution in [2.75, 3.05) is 6.61 Å². The highest BCUT2D eigenvalue weighted by atomic mass is 16.6. The zero-order chi connectivity index (χ0) is 9.68. The van der Waals surface area contributed by atoms with Gasteiger partial charge in [-0.05, 0) is 6.08 Å². The summed E-state index contributed by atoms with van der Waals surface area (Å²) in [4.78, 5) is 13.7. The van der Waals surface area contributed by atoms with Gasteiger partial charge in [-0.1, -0.05) is 6.08 Å². The molecule has 0 fully saturated rings. The van der Waals surface area contributed by atoms with Crippen LogP contribution in [0.1, 0.15) is 5.69 Å². The first-order valence-corrected chi connectivity index (χ1v) is 3.62. The molecule has 0 saturated heterocycles. The minimum Gasteiger partial charge on any atom is -0.392 e. The summed E-state index contributed by atoms with van der Waals surface area (Å²) in [5, 5.41) is 18.8. The zero-order valence-electron chi connectivity index (χ0n) is 6.75. The Hall–Kier alpha value is -1.75. The second-order valence-corrected chi connectivity index (χ2v) is 2.28. The first-order chi connectivity index (χ1) is 6.24. The van der Waals surface area contributed by atoms with Gasteiger partial charge >= 0.3 is 0 Å². The molecule has 0 aliphatic carbocycles. The van der Waals surface area contributed by atoms with Crippen LogP contribution in [-0.2, 0) is 0 Å². The van der Waals surface area contributed by atoms with Crippen molar-refractivity contribution in [2.24, 2.45) is 0 Å². The summed E-state index contributed by atoms with van der Waals surface area (Å²) >= 11 is 0. The highest BCUT2D eigenvalue weighted by Gasteiger charge is 2.03. The number of rotatable bonds is 3. The number of hydrogen-bond donors (Lipinski definition) is 1. The largest absolute Gasteiger partial charge is 0.392 e. The number of aliphatic hydroxyl groups excluding tert-OH is 1. The van der Waals surface area contributed by atoms with Crippen molar-refractivity contribution in [3.8, 4) is 0 Å². The van der Waals surface area contributed by atoms with E-state index in [2.05, 4.69) is 4.98 Å².